The molecular weight excluding hydrogens is 288 g/mol. The van der Waals surface area contributed by atoms with E-state index in [2.05, 4.69) is 34.1 Å². The molecule has 1 saturated heterocycles. The van der Waals surface area contributed by atoms with E-state index >= 15 is 0 Å². The number of piperidine rings is 1. The Morgan fingerprint density at radius 1 is 0.957 bits per heavy atom. The van der Waals surface area contributed by atoms with Gasteiger partial charge >= 0.3 is 0 Å². The first-order chi connectivity index (χ1) is 11.4. The number of aromatic nitrogens is 1. The molecule has 4 heteroatoms. The normalized spacial score (nSPS) is 18.8. The number of likely N-dealkylation sites (tertiary alicyclic amines) is 1. The fourth-order valence-electron chi connectivity index (χ4n) is 3.50. The Kier molecular flexibility index (Phi) is 4.16. The molecule has 0 amide bonds. The summed E-state index contributed by atoms with van der Waals surface area (Å²) in [6.07, 6.45) is 6.23. The molecule has 0 aliphatic carbocycles. The predicted molar refractivity (Wildman–Crippen MR) is 88.9 cm³/mol. The Morgan fingerprint density at radius 3 is 2.48 bits per heavy atom. The first-order valence-electron chi connectivity index (χ1n) is 8.39. The van der Waals surface area contributed by atoms with Crippen LogP contribution < -0.4 is 9.47 Å². The molecule has 0 N–H and O–H groups in total. The molecule has 0 unspecified atom stereocenters. The maximum Gasteiger partial charge on any atom is 0.161 e. The molecule has 23 heavy (non-hydrogen) atoms. The lowest BCUT2D eigenvalue weighted by atomic mass is 9.90. The second-order valence-electron chi connectivity index (χ2n) is 6.31. The van der Waals surface area contributed by atoms with Gasteiger partial charge in [-0.3, -0.25) is 9.88 Å². The lowest BCUT2D eigenvalue weighted by Gasteiger charge is -2.32. The summed E-state index contributed by atoms with van der Waals surface area (Å²) in [5.41, 5.74) is 2.73. The number of nitrogens with zero attached hydrogens (tertiary/aromatic N) is 2. The molecular formula is C19H22N2O2. The van der Waals surface area contributed by atoms with Crippen LogP contribution in [0.3, 0.4) is 0 Å². The van der Waals surface area contributed by atoms with Gasteiger partial charge in [-0.15, -0.1) is 0 Å². The third-order valence-electron chi connectivity index (χ3n) is 4.78. The fourth-order valence-corrected chi connectivity index (χ4v) is 3.50. The maximum atomic E-state index is 5.68. The van der Waals surface area contributed by atoms with Crippen molar-refractivity contribution in [2.45, 2.75) is 25.3 Å². The summed E-state index contributed by atoms with van der Waals surface area (Å²) in [4.78, 5) is 6.64. The van der Waals surface area contributed by atoms with E-state index < -0.39 is 0 Å². The lowest BCUT2D eigenvalue weighted by molar-refractivity contribution is 0.170. The molecule has 120 valence electrons. The predicted octanol–water partition coefficient (Wildman–Crippen LogP) is 3.23. The van der Waals surface area contributed by atoms with Crippen LogP contribution in [0.15, 0.2) is 42.7 Å². The van der Waals surface area contributed by atoms with Gasteiger partial charge in [0, 0.05) is 18.9 Å². The number of rotatable bonds is 3. The van der Waals surface area contributed by atoms with Crippen molar-refractivity contribution >= 4 is 0 Å². The highest BCUT2D eigenvalue weighted by molar-refractivity contribution is 5.43. The number of hydrogen-bond donors (Lipinski definition) is 0. The zero-order chi connectivity index (χ0) is 15.5. The quantitative estimate of drug-likeness (QED) is 0.872. The number of pyridine rings is 1. The minimum absolute atomic E-state index is 0.647. The van der Waals surface area contributed by atoms with Crippen LogP contribution in [-0.4, -0.2) is 36.2 Å². The van der Waals surface area contributed by atoms with Crippen molar-refractivity contribution in [3.63, 3.8) is 0 Å². The van der Waals surface area contributed by atoms with Crippen LogP contribution in [0.5, 0.6) is 11.5 Å². The molecule has 0 saturated carbocycles. The summed E-state index contributed by atoms with van der Waals surface area (Å²) < 4.78 is 11.3. The Bertz CT molecular complexity index is 652. The number of benzene rings is 1. The fraction of sp³-hybridized carbons (Fsp3) is 0.421. The van der Waals surface area contributed by atoms with Crippen LogP contribution in [0.1, 0.15) is 29.9 Å². The average Bonchev–Trinajstić information content (AvgIpc) is 2.63. The van der Waals surface area contributed by atoms with E-state index in [0.717, 1.165) is 31.1 Å². The van der Waals surface area contributed by atoms with Gasteiger partial charge in [-0.1, -0.05) is 6.07 Å². The Hall–Kier alpha value is -2.07. The summed E-state index contributed by atoms with van der Waals surface area (Å²) in [7, 11) is 0. The van der Waals surface area contributed by atoms with Crippen molar-refractivity contribution in [3.8, 4) is 11.5 Å². The molecule has 0 radical (unpaired) electrons. The average molecular weight is 310 g/mol. The summed E-state index contributed by atoms with van der Waals surface area (Å²) in [6, 6.07) is 10.6. The molecule has 0 atom stereocenters. The van der Waals surface area contributed by atoms with Gasteiger partial charge in [-0.2, -0.15) is 0 Å². The van der Waals surface area contributed by atoms with E-state index in [1.54, 1.807) is 0 Å². The van der Waals surface area contributed by atoms with Crippen molar-refractivity contribution < 1.29 is 9.47 Å². The van der Waals surface area contributed by atoms with Gasteiger partial charge in [0.15, 0.2) is 11.5 Å². The highest BCUT2D eigenvalue weighted by Crippen LogP contribution is 2.32. The first kappa shape index (κ1) is 14.5. The zero-order valence-corrected chi connectivity index (χ0v) is 13.3. The Morgan fingerprint density at radius 2 is 1.70 bits per heavy atom. The third kappa shape index (κ3) is 3.32. The van der Waals surface area contributed by atoms with Crippen molar-refractivity contribution in [2.75, 3.05) is 26.3 Å². The minimum Gasteiger partial charge on any atom is -0.486 e. The molecule has 3 heterocycles. The number of fused-ring (bicyclic) bond motifs is 1. The molecule has 2 aliphatic heterocycles. The maximum absolute atomic E-state index is 5.68. The Labute approximate surface area is 137 Å². The second-order valence-corrected chi connectivity index (χ2v) is 6.31. The van der Waals surface area contributed by atoms with Crippen molar-refractivity contribution in [2.24, 2.45) is 0 Å². The van der Waals surface area contributed by atoms with Crippen LogP contribution in [0.4, 0.5) is 0 Å². The van der Waals surface area contributed by atoms with Crippen molar-refractivity contribution in [1.82, 2.24) is 9.88 Å². The van der Waals surface area contributed by atoms with Gasteiger partial charge in [0.2, 0.25) is 0 Å². The molecule has 1 aromatic heterocycles. The minimum atomic E-state index is 0.647. The van der Waals surface area contributed by atoms with Crippen LogP contribution in [0, 0.1) is 0 Å². The van der Waals surface area contributed by atoms with Crippen molar-refractivity contribution in [1.29, 1.82) is 0 Å². The van der Waals surface area contributed by atoms with E-state index in [0.29, 0.717) is 19.1 Å². The largest absolute Gasteiger partial charge is 0.486 e. The summed E-state index contributed by atoms with van der Waals surface area (Å²) in [5, 5.41) is 0. The van der Waals surface area contributed by atoms with E-state index in [4.69, 9.17) is 9.47 Å². The molecule has 4 rings (SSSR count). The molecule has 1 aromatic carbocycles. The smallest absolute Gasteiger partial charge is 0.161 e. The summed E-state index contributed by atoms with van der Waals surface area (Å²) in [6.45, 7) is 4.56. The summed E-state index contributed by atoms with van der Waals surface area (Å²) >= 11 is 0. The molecule has 0 spiro atoms. The van der Waals surface area contributed by atoms with Gasteiger partial charge in [0.1, 0.15) is 13.2 Å². The van der Waals surface area contributed by atoms with Crippen LogP contribution in [-0.2, 0) is 6.54 Å². The SMILES string of the molecule is c1cc(C2CCN(Cc3ccc4c(c3)OCCO4)CC2)ccn1. The summed E-state index contributed by atoms with van der Waals surface area (Å²) in [5.74, 6) is 2.44. The van der Waals surface area contributed by atoms with E-state index in [9.17, 15) is 0 Å². The highest BCUT2D eigenvalue weighted by atomic mass is 16.6. The lowest BCUT2D eigenvalue weighted by Crippen LogP contribution is -2.32. The first-order valence-corrected chi connectivity index (χ1v) is 8.39. The van der Waals surface area contributed by atoms with Gasteiger partial charge < -0.3 is 9.47 Å². The van der Waals surface area contributed by atoms with E-state index in [1.807, 2.05) is 18.5 Å². The van der Waals surface area contributed by atoms with Gasteiger partial charge in [0.05, 0.1) is 0 Å². The van der Waals surface area contributed by atoms with Gasteiger partial charge in [0.25, 0.3) is 0 Å². The molecule has 2 aliphatic rings. The van der Waals surface area contributed by atoms with Crippen molar-refractivity contribution in [3.05, 3.63) is 53.9 Å². The topological polar surface area (TPSA) is 34.6 Å². The monoisotopic (exact) mass is 310 g/mol. The standard InChI is InChI=1S/C19H22N2O2/c1-2-18-19(23-12-11-22-18)13-15(1)14-21-9-5-17(6-10-21)16-3-7-20-8-4-16/h1-4,7-8,13,17H,5-6,9-12,14H2. The van der Waals surface area contributed by atoms with Crippen LogP contribution in [0.25, 0.3) is 0 Å². The van der Waals surface area contributed by atoms with Gasteiger partial charge in [-0.25, -0.2) is 0 Å². The van der Waals surface area contributed by atoms with Crippen LogP contribution >= 0.6 is 0 Å². The third-order valence-corrected chi connectivity index (χ3v) is 4.78. The van der Waals surface area contributed by atoms with E-state index in [1.165, 1.54) is 24.0 Å². The van der Waals surface area contributed by atoms with E-state index in [-0.39, 0.29) is 0 Å². The molecule has 4 nitrogen and oxygen atoms in total. The van der Waals surface area contributed by atoms with Gasteiger partial charge in [-0.05, 0) is 67.2 Å². The number of hydrogen-bond acceptors (Lipinski definition) is 4. The zero-order valence-electron chi connectivity index (χ0n) is 13.3. The molecule has 1 fully saturated rings. The second kappa shape index (κ2) is 6.59. The highest BCUT2D eigenvalue weighted by Gasteiger charge is 2.21. The number of ether oxygens (including phenoxy) is 2. The Balaban J connectivity index is 1.36. The molecule has 0 bridgehead atoms. The molecule has 2 aromatic rings. The van der Waals surface area contributed by atoms with Crippen LogP contribution in [0.2, 0.25) is 0 Å².